The van der Waals surface area contributed by atoms with Crippen molar-refractivity contribution in [1.82, 2.24) is 10.2 Å². The van der Waals surface area contributed by atoms with Crippen LogP contribution in [0.15, 0.2) is 54.2 Å². The van der Waals surface area contributed by atoms with Crippen LogP contribution >= 0.6 is 11.6 Å². The molecule has 180 valence electrons. The van der Waals surface area contributed by atoms with E-state index in [2.05, 4.69) is 21.3 Å². The van der Waals surface area contributed by atoms with E-state index in [4.69, 9.17) is 11.6 Å². The highest BCUT2D eigenvalue weighted by Gasteiger charge is 2.42. The Kier molecular flexibility index (Phi) is 6.83. The number of imide groups is 2. The largest absolute Gasteiger partial charge is 0.376 e. The zero-order chi connectivity index (χ0) is 25.1. The van der Waals surface area contributed by atoms with Gasteiger partial charge in [-0.3, -0.25) is 34.2 Å². The average Bonchev–Trinajstić information content (AvgIpc) is 3.08. The lowest BCUT2D eigenvalue weighted by Gasteiger charge is -2.28. The van der Waals surface area contributed by atoms with Gasteiger partial charge in [0, 0.05) is 34.6 Å². The third kappa shape index (κ3) is 5.49. The maximum Gasteiger partial charge on any atom is 0.278 e. The van der Waals surface area contributed by atoms with Crippen molar-refractivity contribution in [3.8, 4) is 0 Å². The molecule has 0 aromatic heterocycles. The summed E-state index contributed by atoms with van der Waals surface area (Å²) < 4.78 is 0. The molecule has 2 aromatic rings. The van der Waals surface area contributed by atoms with Crippen LogP contribution in [0, 0.1) is 6.92 Å². The molecule has 5 amide bonds. The number of halogens is 1. The number of piperidine rings is 1. The molecule has 10 nitrogen and oxygen atoms in total. The van der Waals surface area contributed by atoms with Gasteiger partial charge in [0.2, 0.25) is 17.7 Å². The first-order valence-corrected chi connectivity index (χ1v) is 11.2. The van der Waals surface area contributed by atoms with Crippen LogP contribution in [0.25, 0.3) is 0 Å². The van der Waals surface area contributed by atoms with E-state index in [9.17, 15) is 24.0 Å². The molecular formula is C24H22ClN5O5. The van der Waals surface area contributed by atoms with Gasteiger partial charge in [0.05, 0.1) is 6.54 Å². The van der Waals surface area contributed by atoms with Crippen molar-refractivity contribution in [2.45, 2.75) is 25.8 Å². The van der Waals surface area contributed by atoms with Crippen LogP contribution in [0.1, 0.15) is 18.4 Å². The van der Waals surface area contributed by atoms with Crippen molar-refractivity contribution in [1.29, 1.82) is 0 Å². The highest BCUT2D eigenvalue weighted by Crippen LogP contribution is 2.24. The highest BCUT2D eigenvalue weighted by atomic mass is 35.5. The number of carbonyl (C=O) groups is 5. The first kappa shape index (κ1) is 24.0. The Labute approximate surface area is 205 Å². The molecule has 0 radical (unpaired) electrons. The van der Waals surface area contributed by atoms with Gasteiger partial charge in [-0.15, -0.1) is 0 Å². The van der Waals surface area contributed by atoms with Crippen LogP contribution in [-0.2, 0) is 24.0 Å². The van der Waals surface area contributed by atoms with E-state index in [-0.39, 0.29) is 31.0 Å². The van der Waals surface area contributed by atoms with Gasteiger partial charge >= 0.3 is 0 Å². The number of rotatable bonds is 7. The molecule has 35 heavy (non-hydrogen) atoms. The number of anilines is 3. The quantitative estimate of drug-likeness (QED) is 0.432. The Morgan fingerprint density at radius 2 is 1.86 bits per heavy atom. The highest BCUT2D eigenvalue weighted by molar-refractivity contribution is 6.31. The minimum absolute atomic E-state index is 0.00541. The van der Waals surface area contributed by atoms with Crippen molar-refractivity contribution in [3.63, 3.8) is 0 Å². The second-order valence-electron chi connectivity index (χ2n) is 8.11. The Balaban J connectivity index is 1.35. The molecular weight excluding hydrogens is 474 g/mol. The Hall–Kier alpha value is -4.18. The number of hydrogen-bond acceptors (Lipinski definition) is 7. The molecule has 2 aliphatic rings. The van der Waals surface area contributed by atoms with E-state index in [0.717, 1.165) is 16.5 Å². The summed E-state index contributed by atoms with van der Waals surface area (Å²) in [5, 5.41) is 11.3. The normalized spacial score (nSPS) is 17.7. The molecule has 0 aliphatic carbocycles. The number of benzene rings is 2. The van der Waals surface area contributed by atoms with Crippen molar-refractivity contribution in [2.75, 3.05) is 22.5 Å². The van der Waals surface area contributed by atoms with Gasteiger partial charge < -0.3 is 16.0 Å². The fourth-order valence-electron chi connectivity index (χ4n) is 3.72. The minimum atomic E-state index is -1.03. The summed E-state index contributed by atoms with van der Waals surface area (Å²) in [6.45, 7) is 1.85. The zero-order valence-corrected chi connectivity index (χ0v) is 19.4. The van der Waals surface area contributed by atoms with Crippen LogP contribution in [0.2, 0.25) is 5.02 Å². The molecule has 11 heteroatoms. The molecule has 2 aliphatic heterocycles. The summed E-state index contributed by atoms with van der Waals surface area (Å²) in [6.07, 6.45) is 1.25. The number of hydrogen-bond donors (Lipinski definition) is 4. The summed E-state index contributed by atoms with van der Waals surface area (Å²) in [4.78, 5) is 61.8. The van der Waals surface area contributed by atoms with Crippen molar-refractivity contribution in [3.05, 3.63) is 64.8 Å². The third-order valence-corrected chi connectivity index (χ3v) is 5.93. The minimum Gasteiger partial charge on any atom is -0.376 e. The number of nitrogens with one attached hydrogen (secondary N) is 4. The third-order valence-electron chi connectivity index (χ3n) is 5.53. The number of carbonyl (C=O) groups excluding carboxylic acids is 5. The molecule has 0 bridgehead atoms. The van der Waals surface area contributed by atoms with Gasteiger partial charge in [0.25, 0.3) is 11.8 Å². The van der Waals surface area contributed by atoms with Gasteiger partial charge in [-0.25, -0.2) is 0 Å². The maximum atomic E-state index is 12.8. The molecule has 1 atom stereocenters. The van der Waals surface area contributed by atoms with Crippen molar-refractivity contribution in [2.24, 2.45) is 0 Å². The lowest BCUT2D eigenvalue weighted by molar-refractivity contribution is -0.149. The maximum absolute atomic E-state index is 12.8. The lowest BCUT2D eigenvalue weighted by atomic mass is 10.0. The van der Waals surface area contributed by atoms with E-state index in [0.29, 0.717) is 22.1 Å². The van der Waals surface area contributed by atoms with Gasteiger partial charge in [-0.1, -0.05) is 23.7 Å². The van der Waals surface area contributed by atoms with Gasteiger partial charge in [0.1, 0.15) is 11.7 Å². The second kappa shape index (κ2) is 9.98. The monoisotopic (exact) mass is 495 g/mol. The van der Waals surface area contributed by atoms with E-state index in [1.165, 1.54) is 0 Å². The molecule has 1 unspecified atom stereocenters. The van der Waals surface area contributed by atoms with Crippen LogP contribution in [0.3, 0.4) is 0 Å². The predicted molar refractivity (Wildman–Crippen MR) is 129 cm³/mol. The molecule has 0 spiro atoms. The van der Waals surface area contributed by atoms with E-state index < -0.39 is 29.7 Å². The molecule has 2 aromatic carbocycles. The number of nitrogens with zero attached hydrogens (tertiary/aromatic N) is 1. The Morgan fingerprint density at radius 1 is 1.09 bits per heavy atom. The number of amides is 5. The average molecular weight is 496 g/mol. The van der Waals surface area contributed by atoms with Gasteiger partial charge in [-0.2, -0.15) is 0 Å². The standard InChI is InChI=1S/C24H22ClN5O5/c1-13-5-6-16(10-17(13)25)28-21(32)12-26-14-3-2-4-15(9-14)27-18-11-22(33)30(24(18)35)19-7-8-20(31)29-23(19)34/h2-6,9-11,19,26-27H,7-8,12H2,1H3,(H,28,32)(H,29,31,34). The van der Waals surface area contributed by atoms with Crippen LogP contribution in [0.4, 0.5) is 17.1 Å². The fraction of sp³-hybridized carbons (Fsp3) is 0.208. The van der Waals surface area contributed by atoms with Gasteiger partial charge in [-0.05, 0) is 49.2 Å². The summed E-state index contributed by atoms with van der Waals surface area (Å²) in [5.74, 6) is -2.66. The first-order valence-electron chi connectivity index (χ1n) is 10.8. The Morgan fingerprint density at radius 3 is 2.60 bits per heavy atom. The number of aryl methyl sites for hydroxylation is 1. The molecule has 1 saturated heterocycles. The molecule has 4 N–H and O–H groups in total. The molecule has 4 rings (SSSR count). The predicted octanol–water partition coefficient (Wildman–Crippen LogP) is 2.17. The van der Waals surface area contributed by atoms with E-state index >= 15 is 0 Å². The molecule has 0 saturated carbocycles. The zero-order valence-electron chi connectivity index (χ0n) is 18.7. The van der Waals surface area contributed by atoms with Crippen LogP contribution < -0.4 is 21.3 Å². The Bertz CT molecular complexity index is 1270. The smallest absolute Gasteiger partial charge is 0.278 e. The van der Waals surface area contributed by atoms with Crippen molar-refractivity contribution < 1.29 is 24.0 Å². The SMILES string of the molecule is Cc1ccc(NC(=O)CNc2cccc(NC3=CC(=O)N(C4CCC(=O)NC4=O)C3=O)c2)cc1Cl. The molecule has 2 heterocycles. The second-order valence-corrected chi connectivity index (χ2v) is 8.52. The fourth-order valence-corrected chi connectivity index (χ4v) is 3.90. The molecule has 1 fully saturated rings. The van der Waals surface area contributed by atoms with Crippen LogP contribution in [0.5, 0.6) is 0 Å². The first-order chi connectivity index (χ1) is 16.7. The summed E-state index contributed by atoms with van der Waals surface area (Å²) in [7, 11) is 0. The van der Waals surface area contributed by atoms with E-state index in [1.54, 1.807) is 36.4 Å². The van der Waals surface area contributed by atoms with E-state index in [1.807, 2.05) is 13.0 Å². The summed E-state index contributed by atoms with van der Waals surface area (Å²) in [6, 6.07) is 11.0. The summed E-state index contributed by atoms with van der Waals surface area (Å²) >= 11 is 6.08. The summed E-state index contributed by atoms with van der Waals surface area (Å²) in [5.41, 5.74) is 2.60. The van der Waals surface area contributed by atoms with Gasteiger partial charge in [0.15, 0.2) is 0 Å². The topological polar surface area (TPSA) is 137 Å². The lowest BCUT2D eigenvalue weighted by Crippen LogP contribution is -2.54. The van der Waals surface area contributed by atoms with Crippen LogP contribution in [-0.4, -0.2) is 47.0 Å². The van der Waals surface area contributed by atoms with Crippen molar-refractivity contribution >= 4 is 58.2 Å².